The van der Waals surface area contributed by atoms with Gasteiger partial charge in [-0.25, -0.2) is 0 Å². The third-order valence-corrected chi connectivity index (χ3v) is 17.4. The summed E-state index contributed by atoms with van der Waals surface area (Å²) in [5.74, 6) is 0. The molecule has 4 nitrogen and oxygen atoms in total. The first kappa shape index (κ1) is 48.0. The van der Waals surface area contributed by atoms with Crippen LogP contribution in [0, 0.1) is 0 Å². The predicted octanol–water partition coefficient (Wildman–Crippen LogP) is 20.8. The molecule has 0 amide bonds. The molecule has 3 aliphatic rings. The van der Waals surface area contributed by atoms with Crippen molar-refractivity contribution in [1.29, 1.82) is 0 Å². The maximum Gasteiger partial charge on any atom is 0.0504 e. The van der Waals surface area contributed by atoms with E-state index < -0.39 is 0 Å². The molecular weight excluding hydrogens is 957 g/mol. The van der Waals surface area contributed by atoms with Crippen LogP contribution in [0.1, 0.15) is 74.9 Å². The number of benzene rings is 11. The van der Waals surface area contributed by atoms with E-state index in [-0.39, 0.29) is 16.2 Å². The SMILES string of the molecule is CC1(C)c2ccccc2-c2ccc(N(c3ccc(-c4ccc(N(c5ccccc5)c5ccc6c(c5)C(C)(C)c5ccccc5N6c5ccccc5)cc4)cc3)c3ccc4c(c3)C(C)(C)c3ccccc3N4c3ccccc3)cc21. The topological polar surface area (TPSA) is 13.0 Å². The van der Waals surface area contributed by atoms with E-state index in [1.807, 2.05) is 0 Å². The maximum atomic E-state index is 2.46. The van der Waals surface area contributed by atoms with Gasteiger partial charge in [-0.2, -0.15) is 0 Å². The fourth-order valence-corrected chi connectivity index (χ4v) is 13.3. The summed E-state index contributed by atoms with van der Waals surface area (Å²) in [6.07, 6.45) is 0. The predicted molar refractivity (Wildman–Crippen MR) is 332 cm³/mol. The van der Waals surface area contributed by atoms with Gasteiger partial charge in [0, 0.05) is 61.7 Å². The Hall–Kier alpha value is -9.38. The molecule has 2 aliphatic heterocycles. The van der Waals surface area contributed by atoms with Crippen molar-refractivity contribution in [3.8, 4) is 22.3 Å². The Morgan fingerprint density at radius 1 is 0.241 bits per heavy atom. The lowest BCUT2D eigenvalue weighted by molar-refractivity contribution is 0.632. The number of nitrogens with zero attached hydrogens (tertiary/aromatic N) is 4. The van der Waals surface area contributed by atoms with Crippen LogP contribution in [0.3, 0.4) is 0 Å². The molecule has 0 spiro atoms. The molecule has 0 bridgehead atoms. The third kappa shape index (κ3) is 7.72. The van der Waals surface area contributed by atoms with Crippen LogP contribution in [0.4, 0.5) is 68.2 Å². The first-order valence-electron chi connectivity index (χ1n) is 27.8. The van der Waals surface area contributed by atoms with Gasteiger partial charge in [0.05, 0.1) is 22.7 Å². The lowest BCUT2D eigenvalue weighted by Gasteiger charge is -2.42. The summed E-state index contributed by atoms with van der Waals surface area (Å²) in [7, 11) is 0. The first-order valence-corrected chi connectivity index (χ1v) is 27.8. The highest BCUT2D eigenvalue weighted by atomic mass is 15.2. The zero-order valence-corrected chi connectivity index (χ0v) is 45.7. The van der Waals surface area contributed by atoms with E-state index in [1.165, 1.54) is 67.3 Å². The van der Waals surface area contributed by atoms with Crippen LogP contribution >= 0.6 is 0 Å². The molecule has 0 aromatic heterocycles. The second kappa shape index (κ2) is 18.4. The van der Waals surface area contributed by atoms with Crippen LogP contribution < -0.4 is 19.6 Å². The van der Waals surface area contributed by atoms with Crippen LogP contribution in [-0.2, 0) is 16.2 Å². The summed E-state index contributed by atoms with van der Waals surface area (Å²) in [5.41, 5.74) is 26.0. The Morgan fingerprint density at radius 3 is 1.04 bits per heavy atom. The van der Waals surface area contributed by atoms with Crippen molar-refractivity contribution in [2.45, 2.75) is 57.8 Å². The molecule has 382 valence electrons. The molecule has 11 aromatic rings. The number of anilines is 12. The molecule has 0 atom stereocenters. The van der Waals surface area contributed by atoms with Crippen LogP contribution in [0.15, 0.2) is 267 Å². The van der Waals surface area contributed by atoms with Gasteiger partial charge < -0.3 is 19.6 Å². The number of para-hydroxylation sites is 5. The fraction of sp³-hybridized carbons (Fsp3) is 0.120. The summed E-state index contributed by atoms with van der Waals surface area (Å²) in [4.78, 5) is 9.71. The molecule has 14 rings (SSSR count). The zero-order valence-electron chi connectivity index (χ0n) is 45.7. The number of fused-ring (bicyclic) bond motifs is 7. The van der Waals surface area contributed by atoms with E-state index in [0.29, 0.717) is 0 Å². The molecule has 0 N–H and O–H groups in total. The van der Waals surface area contributed by atoms with Crippen LogP contribution in [0.2, 0.25) is 0 Å². The lowest BCUT2D eigenvalue weighted by Crippen LogP contribution is -2.31. The first-order chi connectivity index (χ1) is 38.5. The minimum absolute atomic E-state index is 0.149. The van der Waals surface area contributed by atoms with Crippen molar-refractivity contribution in [2.75, 3.05) is 19.6 Å². The van der Waals surface area contributed by atoms with Gasteiger partial charge >= 0.3 is 0 Å². The van der Waals surface area contributed by atoms with Crippen LogP contribution in [0.25, 0.3) is 22.3 Å². The van der Waals surface area contributed by atoms with E-state index in [2.05, 4.69) is 328 Å². The van der Waals surface area contributed by atoms with Crippen LogP contribution in [0.5, 0.6) is 0 Å². The lowest BCUT2D eigenvalue weighted by atomic mass is 9.73. The molecule has 0 radical (unpaired) electrons. The Labute approximate surface area is 465 Å². The molecule has 0 fully saturated rings. The van der Waals surface area contributed by atoms with Crippen molar-refractivity contribution >= 4 is 68.2 Å². The molecule has 0 saturated carbocycles. The van der Waals surface area contributed by atoms with Crippen molar-refractivity contribution in [3.63, 3.8) is 0 Å². The molecule has 4 heteroatoms. The molecule has 79 heavy (non-hydrogen) atoms. The van der Waals surface area contributed by atoms with Crippen molar-refractivity contribution < 1.29 is 0 Å². The number of rotatable bonds is 9. The summed E-state index contributed by atoms with van der Waals surface area (Å²) in [6.45, 7) is 14.2. The molecular formula is C75H62N4. The molecule has 0 saturated heterocycles. The Bertz CT molecular complexity index is 4100. The summed E-state index contributed by atoms with van der Waals surface area (Å²) >= 11 is 0. The monoisotopic (exact) mass is 1020 g/mol. The zero-order chi connectivity index (χ0) is 53.6. The molecule has 11 aromatic carbocycles. The molecule has 0 unspecified atom stereocenters. The quantitative estimate of drug-likeness (QED) is 0.143. The third-order valence-electron chi connectivity index (χ3n) is 17.4. The van der Waals surface area contributed by atoms with Gasteiger partial charge in [-0.3, -0.25) is 0 Å². The molecule has 1 aliphatic carbocycles. The van der Waals surface area contributed by atoms with Gasteiger partial charge in [0.2, 0.25) is 0 Å². The Morgan fingerprint density at radius 2 is 0.557 bits per heavy atom. The van der Waals surface area contributed by atoms with Gasteiger partial charge in [0.15, 0.2) is 0 Å². The van der Waals surface area contributed by atoms with E-state index in [0.717, 1.165) is 56.6 Å². The molecule has 2 heterocycles. The van der Waals surface area contributed by atoms with Crippen molar-refractivity contribution in [1.82, 2.24) is 0 Å². The van der Waals surface area contributed by atoms with Gasteiger partial charge in [-0.1, -0.05) is 187 Å². The van der Waals surface area contributed by atoms with Crippen molar-refractivity contribution in [3.05, 3.63) is 300 Å². The summed E-state index contributed by atoms with van der Waals surface area (Å²) in [5, 5.41) is 0. The van der Waals surface area contributed by atoms with Crippen LogP contribution in [-0.4, -0.2) is 0 Å². The summed E-state index contributed by atoms with van der Waals surface area (Å²) < 4.78 is 0. The fourth-order valence-electron chi connectivity index (χ4n) is 13.3. The van der Waals surface area contributed by atoms with Gasteiger partial charge in [0.1, 0.15) is 0 Å². The highest BCUT2D eigenvalue weighted by molar-refractivity contribution is 5.92. The van der Waals surface area contributed by atoms with E-state index in [4.69, 9.17) is 0 Å². The second-order valence-corrected chi connectivity index (χ2v) is 23.0. The average molecular weight is 1020 g/mol. The smallest absolute Gasteiger partial charge is 0.0504 e. The van der Waals surface area contributed by atoms with E-state index in [9.17, 15) is 0 Å². The van der Waals surface area contributed by atoms with Crippen molar-refractivity contribution in [2.24, 2.45) is 0 Å². The second-order valence-electron chi connectivity index (χ2n) is 23.0. The highest BCUT2D eigenvalue weighted by Gasteiger charge is 2.40. The minimum Gasteiger partial charge on any atom is -0.310 e. The summed E-state index contributed by atoms with van der Waals surface area (Å²) in [6, 6.07) is 98.5. The Kier molecular flexibility index (Phi) is 11.2. The maximum absolute atomic E-state index is 2.46. The van der Waals surface area contributed by atoms with Gasteiger partial charge in [-0.05, 0) is 177 Å². The average Bonchev–Trinajstić information content (AvgIpc) is 3.92. The normalized spacial score (nSPS) is 14.7. The highest BCUT2D eigenvalue weighted by Crippen LogP contribution is 2.56. The largest absolute Gasteiger partial charge is 0.310 e. The van der Waals surface area contributed by atoms with E-state index >= 15 is 0 Å². The van der Waals surface area contributed by atoms with Gasteiger partial charge in [-0.15, -0.1) is 0 Å². The number of hydrogen-bond donors (Lipinski definition) is 0. The Balaban J connectivity index is 0.846. The number of hydrogen-bond acceptors (Lipinski definition) is 4. The minimum atomic E-state index is -0.265. The van der Waals surface area contributed by atoms with Gasteiger partial charge in [0.25, 0.3) is 0 Å². The standard InChI is InChI=1S/C75H62N4/c1-73(2)63-29-17-16-28-61(63)62-45-42-58(48-66(62)73)77(60-44-47-72-68(50-60)75(5,6)65-31-19-21-33-70(65)79(72)55-26-14-9-15-27-55)57-40-36-52(37-41-57)51-34-38-56(39-35-51)76(53-22-10-7-11-23-53)59-43-46-71-67(49-59)74(3,4)64-30-18-20-32-69(64)78(71)54-24-12-8-13-25-54/h7-50H,1-6H3. The van der Waals surface area contributed by atoms with E-state index in [1.54, 1.807) is 0 Å².